The summed E-state index contributed by atoms with van der Waals surface area (Å²) in [5, 5.41) is 10.7. The van der Waals surface area contributed by atoms with Gasteiger partial charge in [-0.25, -0.2) is 4.39 Å². The minimum Gasteiger partial charge on any atom is -0.387 e. The van der Waals surface area contributed by atoms with E-state index < -0.39 is 5.60 Å². The van der Waals surface area contributed by atoms with Crippen molar-refractivity contribution in [3.8, 4) is 0 Å². The van der Waals surface area contributed by atoms with Crippen molar-refractivity contribution in [2.24, 2.45) is 0 Å². The molecule has 1 aromatic carbocycles. The van der Waals surface area contributed by atoms with Gasteiger partial charge < -0.3 is 9.84 Å². The van der Waals surface area contributed by atoms with Gasteiger partial charge in [-0.2, -0.15) is 0 Å². The van der Waals surface area contributed by atoms with E-state index in [4.69, 9.17) is 4.74 Å². The SMILES string of the molecule is COC1CCCCC1(O)Cc1cccc(F)c1Br. The molecule has 1 aliphatic carbocycles. The van der Waals surface area contributed by atoms with Crippen LogP contribution in [0, 0.1) is 5.82 Å². The van der Waals surface area contributed by atoms with Crippen LogP contribution in [0.2, 0.25) is 0 Å². The highest BCUT2D eigenvalue weighted by Crippen LogP contribution is 2.35. The number of rotatable bonds is 3. The van der Waals surface area contributed by atoms with Gasteiger partial charge in [0, 0.05) is 13.5 Å². The summed E-state index contributed by atoms with van der Waals surface area (Å²) in [6.07, 6.45) is 3.88. The minimum absolute atomic E-state index is 0.165. The molecular formula is C14H18BrFO2. The Kier molecular flexibility index (Phi) is 4.41. The van der Waals surface area contributed by atoms with Gasteiger partial charge in [-0.15, -0.1) is 0 Å². The van der Waals surface area contributed by atoms with E-state index >= 15 is 0 Å². The van der Waals surface area contributed by atoms with Crippen LogP contribution >= 0.6 is 15.9 Å². The maximum atomic E-state index is 13.5. The quantitative estimate of drug-likeness (QED) is 0.925. The van der Waals surface area contributed by atoms with Gasteiger partial charge in [-0.05, 0) is 40.4 Å². The van der Waals surface area contributed by atoms with Crippen molar-refractivity contribution in [1.29, 1.82) is 0 Å². The van der Waals surface area contributed by atoms with Crippen LogP contribution in [0.4, 0.5) is 4.39 Å². The number of benzene rings is 1. The second kappa shape index (κ2) is 5.68. The summed E-state index contributed by atoms with van der Waals surface area (Å²) < 4.78 is 19.3. The molecule has 0 aromatic heterocycles. The third-order valence-electron chi connectivity index (χ3n) is 3.74. The Morgan fingerprint density at radius 2 is 2.28 bits per heavy atom. The summed E-state index contributed by atoms with van der Waals surface area (Å²) >= 11 is 3.25. The zero-order valence-corrected chi connectivity index (χ0v) is 12.0. The molecule has 0 spiro atoms. The van der Waals surface area contributed by atoms with E-state index in [9.17, 15) is 9.50 Å². The Labute approximate surface area is 115 Å². The van der Waals surface area contributed by atoms with Gasteiger partial charge >= 0.3 is 0 Å². The van der Waals surface area contributed by atoms with Gasteiger partial charge in [0.05, 0.1) is 16.2 Å². The molecule has 0 radical (unpaired) electrons. The molecule has 4 heteroatoms. The molecule has 0 heterocycles. The van der Waals surface area contributed by atoms with Crippen LogP contribution in [0.25, 0.3) is 0 Å². The molecule has 0 aliphatic heterocycles. The highest BCUT2D eigenvalue weighted by molar-refractivity contribution is 9.10. The van der Waals surface area contributed by atoms with Crippen molar-refractivity contribution in [3.05, 3.63) is 34.1 Å². The Morgan fingerprint density at radius 3 is 3.00 bits per heavy atom. The summed E-state index contributed by atoms with van der Waals surface area (Å²) in [6, 6.07) is 4.92. The summed E-state index contributed by atoms with van der Waals surface area (Å²) in [4.78, 5) is 0. The number of ether oxygens (including phenoxy) is 1. The molecule has 2 unspecified atom stereocenters. The van der Waals surface area contributed by atoms with E-state index in [1.807, 2.05) is 6.07 Å². The average molecular weight is 317 g/mol. The molecule has 1 N–H and O–H groups in total. The number of hydrogen-bond donors (Lipinski definition) is 1. The molecule has 0 amide bonds. The van der Waals surface area contributed by atoms with Crippen LogP contribution in [0.5, 0.6) is 0 Å². The monoisotopic (exact) mass is 316 g/mol. The predicted octanol–water partition coefficient (Wildman–Crippen LogP) is 3.45. The van der Waals surface area contributed by atoms with Gasteiger partial charge in [0.15, 0.2) is 0 Å². The van der Waals surface area contributed by atoms with E-state index in [0.29, 0.717) is 17.3 Å². The van der Waals surface area contributed by atoms with Gasteiger partial charge in [-0.1, -0.05) is 25.0 Å². The normalized spacial score (nSPS) is 28.3. The zero-order chi connectivity index (χ0) is 13.2. The van der Waals surface area contributed by atoms with Crippen molar-refractivity contribution in [3.63, 3.8) is 0 Å². The standard InChI is InChI=1S/C14H18BrFO2/c1-18-12-7-2-3-8-14(12,17)9-10-5-4-6-11(16)13(10)15/h4-6,12,17H,2-3,7-9H2,1H3. The Balaban J connectivity index is 2.23. The molecule has 1 fully saturated rings. The van der Waals surface area contributed by atoms with Crippen LogP contribution in [0.1, 0.15) is 31.2 Å². The first kappa shape index (κ1) is 14.0. The van der Waals surface area contributed by atoms with Crippen molar-refractivity contribution >= 4 is 15.9 Å². The largest absolute Gasteiger partial charge is 0.387 e. The Morgan fingerprint density at radius 1 is 1.50 bits per heavy atom. The third kappa shape index (κ3) is 2.76. The molecule has 18 heavy (non-hydrogen) atoms. The maximum Gasteiger partial charge on any atom is 0.137 e. The van der Waals surface area contributed by atoms with Crippen LogP contribution in [-0.4, -0.2) is 23.9 Å². The van der Waals surface area contributed by atoms with E-state index in [1.54, 1.807) is 13.2 Å². The minimum atomic E-state index is -0.886. The first-order valence-corrected chi connectivity index (χ1v) is 7.04. The number of methoxy groups -OCH3 is 1. The van der Waals surface area contributed by atoms with Crippen LogP contribution in [-0.2, 0) is 11.2 Å². The van der Waals surface area contributed by atoms with Crippen molar-refractivity contribution in [2.75, 3.05) is 7.11 Å². The second-order valence-corrected chi connectivity index (χ2v) is 5.76. The van der Waals surface area contributed by atoms with Gasteiger partial charge in [0.25, 0.3) is 0 Å². The van der Waals surface area contributed by atoms with Gasteiger partial charge in [0.2, 0.25) is 0 Å². The molecule has 0 saturated heterocycles. The van der Waals surface area contributed by atoms with Crippen molar-refractivity contribution in [2.45, 2.75) is 43.8 Å². The fourth-order valence-corrected chi connectivity index (χ4v) is 3.15. The van der Waals surface area contributed by atoms with E-state index in [1.165, 1.54) is 6.07 Å². The summed E-state index contributed by atoms with van der Waals surface area (Å²) in [5.74, 6) is -0.291. The molecule has 100 valence electrons. The highest BCUT2D eigenvalue weighted by atomic mass is 79.9. The number of aliphatic hydroxyl groups is 1. The lowest BCUT2D eigenvalue weighted by Gasteiger charge is -2.39. The number of halogens is 2. The molecule has 1 saturated carbocycles. The maximum absolute atomic E-state index is 13.5. The summed E-state index contributed by atoms with van der Waals surface area (Å²) in [6.45, 7) is 0. The lowest BCUT2D eigenvalue weighted by atomic mass is 9.78. The van der Waals surface area contributed by atoms with E-state index in [2.05, 4.69) is 15.9 Å². The van der Waals surface area contributed by atoms with E-state index in [-0.39, 0.29) is 11.9 Å². The Hall–Kier alpha value is -0.450. The fraction of sp³-hybridized carbons (Fsp3) is 0.571. The predicted molar refractivity (Wildman–Crippen MR) is 72.0 cm³/mol. The summed E-state index contributed by atoms with van der Waals surface area (Å²) in [5.41, 5.74) is -0.0926. The smallest absolute Gasteiger partial charge is 0.137 e. The van der Waals surface area contributed by atoms with Crippen molar-refractivity contribution in [1.82, 2.24) is 0 Å². The van der Waals surface area contributed by atoms with E-state index in [0.717, 1.165) is 24.8 Å². The number of hydrogen-bond acceptors (Lipinski definition) is 2. The first-order chi connectivity index (χ1) is 8.57. The molecular weight excluding hydrogens is 299 g/mol. The van der Waals surface area contributed by atoms with Gasteiger partial charge in [0.1, 0.15) is 5.82 Å². The second-order valence-electron chi connectivity index (χ2n) is 4.96. The van der Waals surface area contributed by atoms with Gasteiger partial charge in [-0.3, -0.25) is 0 Å². The topological polar surface area (TPSA) is 29.5 Å². The molecule has 1 aromatic rings. The molecule has 2 rings (SSSR count). The fourth-order valence-electron chi connectivity index (χ4n) is 2.74. The zero-order valence-electron chi connectivity index (χ0n) is 10.5. The third-order valence-corrected chi connectivity index (χ3v) is 4.63. The summed E-state index contributed by atoms with van der Waals surface area (Å²) in [7, 11) is 1.63. The first-order valence-electron chi connectivity index (χ1n) is 6.25. The Bertz CT molecular complexity index is 424. The van der Waals surface area contributed by atoms with Crippen molar-refractivity contribution < 1.29 is 14.2 Å². The average Bonchev–Trinajstić information content (AvgIpc) is 2.35. The lowest BCUT2D eigenvalue weighted by Crippen LogP contribution is -2.47. The van der Waals surface area contributed by atoms with Crippen LogP contribution in [0.3, 0.4) is 0 Å². The molecule has 2 nitrogen and oxygen atoms in total. The molecule has 1 aliphatic rings. The highest BCUT2D eigenvalue weighted by Gasteiger charge is 2.39. The van der Waals surface area contributed by atoms with Crippen LogP contribution in [0.15, 0.2) is 22.7 Å². The lowest BCUT2D eigenvalue weighted by molar-refractivity contribution is -0.116. The van der Waals surface area contributed by atoms with Crippen LogP contribution < -0.4 is 0 Å². The molecule has 2 atom stereocenters. The molecule has 0 bridgehead atoms.